The fourth-order valence-electron chi connectivity index (χ4n) is 0.727. The maximum Gasteiger partial charge on any atom is 0.238 e. The maximum atomic E-state index is 9.90. The van der Waals surface area contributed by atoms with E-state index in [1.165, 1.54) is 6.21 Å². The number of para-hydroxylation sites is 1. The lowest BCUT2D eigenvalue weighted by Gasteiger charge is -1.88. The van der Waals surface area contributed by atoms with Crippen LogP contribution in [0.25, 0.3) is 0 Å². The predicted octanol–water partition coefficient (Wildman–Crippen LogP) is 1.67. The molecule has 0 atom stereocenters. The molecule has 0 spiro atoms. The molecule has 0 bridgehead atoms. The first-order valence-electron chi connectivity index (χ1n) is 3.48. The van der Waals surface area contributed by atoms with Gasteiger partial charge in [0.1, 0.15) is 0 Å². The summed E-state index contributed by atoms with van der Waals surface area (Å²) in [5, 5.41) is 9.90. The van der Waals surface area contributed by atoms with E-state index in [0.717, 1.165) is 5.69 Å². The van der Waals surface area contributed by atoms with E-state index in [1.807, 2.05) is 18.2 Å². The summed E-state index contributed by atoms with van der Waals surface area (Å²) in [6.45, 7) is -0.227. The topological polar surface area (TPSA) is 55.5 Å². The molecular weight excluding hydrogens is 156 g/mol. The highest BCUT2D eigenvalue weighted by Gasteiger charge is 1.89. The molecule has 0 amide bonds. The molecule has 0 aliphatic rings. The minimum absolute atomic E-state index is 0.227. The van der Waals surface area contributed by atoms with Gasteiger partial charge in [0.15, 0.2) is 0 Å². The average molecular weight is 164 g/mol. The Hall–Kier alpha value is -1.71. The summed E-state index contributed by atoms with van der Waals surface area (Å²) in [5.74, 6) is 0. The zero-order valence-corrected chi connectivity index (χ0v) is 6.38. The Bertz CT molecular complexity index is 282. The minimum Gasteiger partial charge on any atom is -0.264 e. The summed E-state index contributed by atoms with van der Waals surface area (Å²) in [5.41, 5.74) is 0.736. The molecule has 0 N–H and O–H groups in total. The third-order valence-corrected chi connectivity index (χ3v) is 1.23. The molecule has 0 saturated heterocycles. The van der Waals surface area contributed by atoms with Crippen molar-refractivity contribution < 1.29 is 4.92 Å². The van der Waals surface area contributed by atoms with Crippen LogP contribution in [0.15, 0.2) is 35.3 Å². The van der Waals surface area contributed by atoms with Crippen molar-refractivity contribution in [1.29, 1.82) is 0 Å². The van der Waals surface area contributed by atoms with Crippen molar-refractivity contribution >= 4 is 11.9 Å². The minimum atomic E-state index is -0.424. The molecule has 4 nitrogen and oxygen atoms in total. The van der Waals surface area contributed by atoms with E-state index in [4.69, 9.17) is 0 Å². The molecular formula is C8H8N2O2. The normalized spacial score (nSPS) is 10.3. The smallest absolute Gasteiger partial charge is 0.238 e. The Balaban J connectivity index is 2.52. The lowest BCUT2D eigenvalue weighted by molar-refractivity contribution is -0.462. The van der Waals surface area contributed by atoms with Gasteiger partial charge in [0.2, 0.25) is 6.54 Å². The van der Waals surface area contributed by atoms with E-state index in [2.05, 4.69) is 4.99 Å². The van der Waals surface area contributed by atoms with Gasteiger partial charge in [0.05, 0.1) is 11.9 Å². The molecule has 0 unspecified atom stereocenters. The molecule has 0 fully saturated rings. The molecule has 0 saturated carbocycles. The molecule has 1 aromatic rings. The molecule has 0 heterocycles. The Morgan fingerprint density at radius 3 is 2.67 bits per heavy atom. The highest BCUT2D eigenvalue weighted by Crippen LogP contribution is 2.07. The largest absolute Gasteiger partial charge is 0.264 e. The van der Waals surface area contributed by atoms with Crippen LogP contribution < -0.4 is 0 Å². The van der Waals surface area contributed by atoms with Crippen LogP contribution >= 0.6 is 0 Å². The maximum absolute atomic E-state index is 9.90. The number of aliphatic imine (C=N–C) groups is 1. The van der Waals surface area contributed by atoms with Crippen molar-refractivity contribution in [1.82, 2.24) is 0 Å². The van der Waals surface area contributed by atoms with Gasteiger partial charge in [0, 0.05) is 4.92 Å². The Labute approximate surface area is 69.7 Å². The standard InChI is InChI=1S/C8H8N2O2/c11-10(12)7-6-9-8-4-2-1-3-5-8/h1-6H,7H2. The number of benzene rings is 1. The van der Waals surface area contributed by atoms with Crippen LogP contribution in [0.1, 0.15) is 0 Å². The van der Waals surface area contributed by atoms with Gasteiger partial charge in [-0.3, -0.25) is 15.1 Å². The van der Waals surface area contributed by atoms with Gasteiger partial charge in [-0.05, 0) is 12.1 Å². The number of nitro groups is 1. The Kier molecular flexibility index (Phi) is 2.95. The van der Waals surface area contributed by atoms with Crippen molar-refractivity contribution in [2.75, 3.05) is 6.54 Å². The van der Waals surface area contributed by atoms with Crippen molar-refractivity contribution in [3.63, 3.8) is 0 Å². The lowest BCUT2D eigenvalue weighted by atomic mass is 10.3. The molecule has 4 heteroatoms. The number of nitrogens with zero attached hydrogens (tertiary/aromatic N) is 2. The van der Waals surface area contributed by atoms with Gasteiger partial charge in [-0.15, -0.1) is 0 Å². The number of hydrogen-bond acceptors (Lipinski definition) is 3. The second kappa shape index (κ2) is 4.23. The van der Waals surface area contributed by atoms with Gasteiger partial charge < -0.3 is 0 Å². The van der Waals surface area contributed by atoms with Crippen LogP contribution in [-0.4, -0.2) is 17.7 Å². The molecule has 0 aliphatic carbocycles. The van der Waals surface area contributed by atoms with Crippen molar-refractivity contribution in [3.05, 3.63) is 40.4 Å². The van der Waals surface area contributed by atoms with Crippen LogP contribution in [0.3, 0.4) is 0 Å². The first-order chi connectivity index (χ1) is 5.79. The molecule has 12 heavy (non-hydrogen) atoms. The van der Waals surface area contributed by atoms with Gasteiger partial charge in [0.25, 0.3) is 0 Å². The molecule has 0 radical (unpaired) electrons. The first-order valence-corrected chi connectivity index (χ1v) is 3.48. The fourth-order valence-corrected chi connectivity index (χ4v) is 0.727. The molecule has 62 valence electrons. The van der Waals surface area contributed by atoms with Gasteiger partial charge in [-0.2, -0.15) is 0 Å². The summed E-state index contributed by atoms with van der Waals surface area (Å²) in [7, 11) is 0. The zero-order chi connectivity index (χ0) is 8.81. The summed E-state index contributed by atoms with van der Waals surface area (Å²) in [6.07, 6.45) is 1.29. The van der Waals surface area contributed by atoms with Crippen LogP contribution in [0.2, 0.25) is 0 Å². The summed E-state index contributed by atoms with van der Waals surface area (Å²) >= 11 is 0. The number of rotatable bonds is 3. The molecule has 0 aromatic heterocycles. The fraction of sp³-hybridized carbons (Fsp3) is 0.125. The highest BCUT2D eigenvalue weighted by molar-refractivity contribution is 5.63. The predicted molar refractivity (Wildman–Crippen MR) is 46.5 cm³/mol. The summed E-state index contributed by atoms with van der Waals surface area (Å²) in [4.78, 5) is 13.4. The Morgan fingerprint density at radius 2 is 2.08 bits per heavy atom. The quantitative estimate of drug-likeness (QED) is 0.387. The van der Waals surface area contributed by atoms with Gasteiger partial charge in [-0.1, -0.05) is 18.2 Å². The summed E-state index contributed by atoms with van der Waals surface area (Å²) < 4.78 is 0. The van der Waals surface area contributed by atoms with E-state index < -0.39 is 4.92 Å². The van der Waals surface area contributed by atoms with E-state index in [1.54, 1.807) is 12.1 Å². The molecule has 1 aromatic carbocycles. The first kappa shape index (κ1) is 8.39. The molecule has 1 rings (SSSR count). The van der Waals surface area contributed by atoms with Crippen LogP contribution in [0.4, 0.5) is 5.69 Å². The van der Waals surface area contributed by atoms with E-state index in [-0.39, 0.29) is 6.54 Å². The highest BCUT2D eigenvalue weighted by atomic mass is 16.6. The van der Waals surface area contributed by atoms with E-state index in [0.29, 0.717) is 0 Å². The van der Waals surface area contributed by atoms with Crippen molar-refractivity contribution in [2.24, 2.45) is 4.99 Å². The summed E-state index contributed by atoms with van der Waals surface area (Å²) in [6, 6.07) is 9.11. The van der Waals surface area contributed by atoms with Crippen LogP contribution in [0.5, 0.6) is 0 Å². The zero-order valence-electron chi connectivity index (χ0n) is 6.38. The van der Waals surface area contributed by atoms with Gasteiger partial charge in [-0.25, -0.2) is 0 Å². The Morgan fingerprint density at radius 1 is 1.42 bits per heavy atom. The lowest BCUT2D eigenvalue weighted by Crippen LogP contribution is -2.00. The second-order valence-electron chi connectivity index (χ2n) is 2.16. The van der Waals surface area contributed by atoms with Gasteiger partial charge >= 0.3 is 0 Å². The number of hydrogen-bond donors (Lipinski definition) is 0. The van der Waals surface area contributed by atoms with E-state index in [9.17, 15) is 10.1 Å². The SMILES string of the molecule is O=[N+]([O-])CC=Nc1ccccc1. The van der Waals surface area contributed by atoms with E-state index >= 15 is 0 Å². The monoisotopic (exact) mass is 164 g/mol. The third-order valence-electron chi connectivity index (χ3n) is 1.23. The van der Waals surface area contributed by atoms with Crippen LogP contribution in [-0.2, 0) is 0 Å². The third kappa shape index (κ3) is 2.92. The van der Waals surface area contributed by atoms with Crippen LogP contribution in [0, 0.1) is 10.1 Å². The van der Waals surface area contributed by atoms with Crippen molar-refractivity contribution in [3.8, 4) is 0 Å². The van der Waals surface area contributed by atoms with Crippen molar-refractivity contribution in [2.45, 2.75) is 0 Å². The second-order valence-corrected chi connectivity index (χ2v) is 2.16. The molecule has 0 aliphatic heterocycles. The average Bonchev–Trinajstić information content (AvgIpc) is 2.05.